The van der Waals surface area contributed by atoms with E-state index in [0.717, 1.165) is 5.56 Å². The lowest BCUT2D eigenvalue weighted by Gasteiger charge is -2.23. The van der Waals surface area contributed by atoms with Crippen LogP contribution in [0.25, 0.3) is 0 Å². The second-order valence-electron chi connectivity index (χ2n) is 5.50. The third kappa shape index (κ3) is 3.17. The molecule has 1 aliphatic heterocycles. The molecule has 24 heavy (non-hydrogen) atoms. The van der Waals surface area contributed by atoms with Gasteiger partial charge in [-0.05, 0) is 24.6 Å². The van der Waals surface area contributed by atoms with Crippen LogP contribution in [0.1, 0.15) is 16.5 Å². The van der Waals surface area contributed by atoms with Crippen molar-refractivity contribution in [3.05, 3.63) is 69.8 Å². The van der Waals surface area contributed by atoms with E-state index in [-0.39, 0.29) is 10.6 Å². The lowest BCUT2D eigenvalue weighted by atomic mass is 10.2. The van der Waals surface area contributed by atoms with Crippen molar-refractivity contribution in [2.75, 3.05) is 12.3 Å². The molecule has 0 aliphatic carbocycles. The van der Waals surface area contributed by atoms with E-state index in [0.29, 0.717) is 17.9 Å². The standard InChI is InChI=1S/C16H16N2O4S2/c1-12-5-7-15(8-6-12)24(21,22)17-9-10-23-16(17)13-3-2-4-14(11-13)18(19)20/h2-8,11,16H,9-10H2,1H3/t16-/m0/s1. The Kier molecular flexibility index (Phi) is 4.62. The zero-order chi connectivity index (χ0) is 17.3. The molecule has 0 spiro atoms. The van der Waals surface area contributed by atoms with Gasteiger partial charge in [0.05, 0.1) is 15.2 Å². The molecule has 0 aromatic heterocycles. The summed E-state index contributed by atoms with van der Waals surface area (Å²) in [7, 11) is -3.64. The van der Waals surface area contributed by atoms with Gasteiger partial charge in [-0.25, -0.2) is 8.42 Å². The second-order valence-corrected chi connectivity index (χ2v) is 8.58. The van der Waals surface area contributed by atoms with Crippen molar-refractivity contribution in [2.24, 2.45) is 0 Å². The highest BCUT2D eigenvalue weighted by Gasteiger charge is 2.37. The lowest BCUT2D eigenvalue weighted by molar-refractivity contribution is -0.384. The number of rotatable bonds is 4. The van der Waals surface area contributed by atoms with Gasteiger partial charge in [0.1, 0.15) is 0 Å². The Bertz CT molecular complexity index is 866. The van der Waals surface area contributed by atoms with Crippen molar-refractivity contribution in [3.8, 4) is 0 Å². The van der Waals surface area contributed by atoms with Crippen LogP contribution in [0.3, 0.4) is 0 Å². The monoisotopic (exact) mass is 364 g/mol. The van der Waals surface area contributed by atoms with Crippen LogP contribution >= 0.6 is 11.8 Å². The van der Waals surface area contributed by atoms with E-state index in [2.05, 4.69) is 0 Å². The molecule has 0 saturated carbocycles. The highest BCUT2D eigenvalue weighted by Crippen LogP contribution is 2.42. The van der Waals surface area contributed by atoms with Gasteiger partial charge in [0.15, 0.2) is 0 Å². The maximum Gasteiger partial charge on any atom is 0.269 e. The Morgan fingerprint density at radius 3 is 2.58 bits per heavy atom. The summed E-state index contributed by atoms with van der Waals surface area (Å²) in [4.78, 5) is 10.7. The fraction of sp³-hybridized carbons (Fsp3) is 0.250. The quantitative estimate of drug-likeness (QED) is 0.614. The minimum atomic E-state index is -3.64. The van der Waals surface area contributed by atoms with Crippen molar-refractivity contribution in [2.45, 2.75) is 17.2 Å². The van der Waals surface area contributed by atoms with Crippen LogP contribution in [0.4, 0.5) is 5.69 Å². The SMILES string of the molecule is Cc1ccc(S(=O)(=O)N2CCS[C@H]2c2cccc([N+](=O)[O-])c2)cc1. The topological polar surface area (TPSA) is 80.5 Å². The molecule has 1 saturated heterocycles. The van der Waals surface area contributed by atoms with Gasteiger partial charge in [0, 0.05) is 24.4 Å². The molecule has 2 aromatic carbocycles. The third-order valence-electron chi connectivity index (χ3n) is 3.84. The van der Waals surface area contributed by atoms with Crippen molar-refractivity contribution >= 4 is 27.5 Å². The Hall–Kier alpha value is -1.90. The average molecular weight is 364 g/mol. The van der Waals surface area contributed by atoms with Gasteiger partial charge >= 0.3 is 0 Å². The van der Waals surface area contributed by atoms with E-state index in [1.165, 1.54) is 28.2 Å². The predicted octanol–water partition coefficient (Wildman–Crippen LogP) is 3.34. The molecule has 0 bridgehead atoms. The number of nitrogens with zero attached hydrogens (tertiary/aromatic N) is 2. The van der Waals surface area contributed by atoms with Crippen LogP contribution in [-0.2, 0) is 10.0 Å². The van der Waals surface area contributed by atoms with Gasteiger partial charge in [-0.3, -0.25) is 10.1 Å². The van der Waals surface area contributed by atoms with Crippen molar-refractivity contribution < 1.29 is 13.3 Å². The Morgan fingerprint density at radius 2 is 1.92 bits per heavy atom. The Labute approximate surface area is 144 Å². The number of thioether (sulfide) groups is 1. The highest BCUT2D eigenvalue weighted by atomic mass is 32.2. The van der Waals surface area contributed by atoms with Crippen molar-refractivity contribution in [1.29, 1.82) is 0 Å². The molecule has 0 N–H and O–H groups in total. The van der Waals surface area contributed by atoms with E-state index in [9.17, 15) is 18.5 Å². The van der Waals surface area contributed by atoms with Crippen LogP contribution < -0.4 is 0 Å². The molecule has 1 aliphatic rings. The number of aryl methyl sites for hydroxylation is 1. The lowest BCUT2D eigenvalue weighted by Crippen LogP contribution is -2.30. The first kappa shape index (κ1) is 16.9. The maximum atomic E-state index is 12.9. The smallest absolute Gasteiger partial charge is 0.258 e. The van der Waals surface area contributed by atoms with Crippen molar-refractivity contribution in [1.82, 2.24) is 4.31 Å². The number of sulfonamides is 1. The van der Waals surface area contributed by atoms with Gasteiger partial charge in [0.2, 0.25) is 10.0 Å². The van der Waals surface area contributed by atoms with Crippen LogP contribution in [0.2, 0.25) is 0 Å². The molecule has 0 amide bonds. The number of hydrogen-bond acceptors (Lipinski definition) is 5. The maximum absolute atomic E-state index is 12.9. The van der Waals surface area contributed by atoms with E-state index in [1.54, 1.807) is 36.4 Å². The normalized spacial score (nSPS) is 18.6. The summed E-state index contributed by atoms with van der Waals surface area (Å²) in [6, 6.07) is 12.9. The minimum Gasteiger partial charge on any atom is -0.258 e. The van der Waals surface area contributed by atoms with Crippen LogP contribution in [-0.4, -0.2) is 29.9 Å². The second kappa shape index (κ2) is 6.54. The molecular formula is C16H16N2O4S2. The summed E-state index contributed by atoms with van der Waals surface area (Å²) in [6.07, 6.45) is 0. The largest absolute Gasteiger partial charge is 0.269 e. The molecule has 8 heteroatoms. The number of hydrogen-bond donors (Lipinski definition) is 0. The fourth-order valence-corrected chi connectivity index (χ4v) is 5.83. The summed E-state index contributed by atoms with van der Waals surface area (Å²) in [5.41, 5.74) is 1.58. The molecule has 1 fully saturated rings. The van der Waals surface area contributed by atoms with Crippen LogP contribution in [0, 0.1) is 17.0 Å². The molecule has 1 heterocycles. The summed E-state index contributed by atoms with van der Waals surface area (Å²) >= 11 is 1.47. The van der Waals surface area contributed by atoms with Gasteiger partial charge < -0.3 is 0 Å². The Morgan fingerprint density at radius 1 is 1.21 bits per heavy atom. The first-order valence-electron chi connectivity index (χ1n) is 7.34. The summed E-state index contributed by atoms with van der Waals surface area (Å²) in [6.45, 7) is 2.28. The molecule has 1 atom stereocenters. The fourth-order valence-electron chi connectivity index (χ4n) is 2.60. The summed E-state index contributed by atoms with van der Waals surface area (Å²) in [5.74, 6) is 0.651. The van der Waals surface area contributed by atoms with Crippen LogP contribution in [0.15, 0.2) is 53.4 Å². The highest BCUT2D eigenvalue weighted by molar-refractivity contribution is 8.01. The Balaban J connectivity index is 1.97. The van der Waals surface area contributed by atoms with E-state index >= 15 is 0 Å². The van der Waals surface area contributed by atoms with E-state index in [4.69, 9.17) is 0 Å². The van der Waals surface area contributed by atoms with E-state index in [1.807, 2.05) is 6.92 Å². The number of non-ortho nitro benzene ring substituents is 1. The first-order valence-corrected chi connectivity index (χ1v) is 9.83. The zero-order valence-corrected chi connectivity index (χ0v) is 14.6. The van der Waals surface area contributed by atoms with Gasteiger partial charge in [-0.1, -0.05) is 29.8 Å². The first-order chi connectivity index (χ1) is 11.4. The molecular weight excluding hydrogens is 348 g/mol. The molecule has 3 rings (SSSR count). The molecule has 126 valence electrons. The van der Waals surface area contributed by atoms with Gasteiger partial charge in [0.25, 0.3) is 5.69 Å². The third-order valence-corrected chi connectivity index (χ3v) is 7.12. The van der Waals surface area contributed by atoms with Crippen molar-refractivity contribution in [3.63, 3.8) is 0 Å². The van der Waals surface area contributed by atoms with Gasteiger partial charge in [-0.15, -0.1) is 11.8 Å². The minimum absolute atomic E-state index is 0.0346. The number of nitro benzene ring substituents is 1. The van der Waals surface area contributed by atoms with Crippen LogP contribution in [0.5, 0.6) is 0 Å². The summed E-state index contributed by atoms with van der Waals surface area (Å²) < 4.78 is 27.3. The predicted molar refractivity (Wildman–Crippen MR) is 93.4 cm³/mol. The summed E-state index contributed by atoms with van der Waals surface area (Å²) in [5, 5.41) is 10.5. The molecule has 2 aromatic rings. The average Bonchev–Trinajstić information content (AvgIpc) is 3.06. The van der Waals surface area contributed by atoms with Gasteiger partial charge in [-0.2, -0.15) is 4.31 Å². The van der Waals surface area contributed by atoms with E-state index < -0.39 is 20.3 Å². The molecule has 6 nitrogen and oxygen atoms in total. The number of benzene rings is 2. The molecule has 0 unspecified atom stereocenters. The molecule has 0 radical (unpaired) electrons. The zero-order valence-electron chi connectivity index (χ0n) is 13.0. The number of nitro groups is 1.